The predicted octanol–water partition coefficient (Wildman–Crippen LogP) is 3.26. The maximum Gasteiger partial charge on any atom is 0.318 e. The van der Waals surface area contributed by atoms with Crippen molar-refractivity contribution in [3.8, 4) is 0 Å². The number of hydrogen-bond acceptors (Lipinski definition) is 7. The molecular weight excluding hydrogens is 460 g/mol. The van der Waals surface area contributed by atoms with Gasteiger partial charge in [-0.2, -0.15) is 0 Å². The quantitative estimate of drug-likeness (QED) is 0.516. The summed E-state index contributed by atoms with van der Waals surface area (Å²) in [5.74, 6) is 0.181. The van der Waals surface area contributed by atoms with Crippen LogP contribution in [0.4, 0.5) is 21.0 Å². The minimum absolute atomic E-state index is 0.0794. The summed E-state index contributed by atoms with van der Waals surface area (Å²) in [6.07, 6.45) is 5.15. The Labute approximate surface area is 192 Å². The number of carbonyl (C=O) groups is 1. The van der Waals surface area contributed by atoms with Crippen LogP contribution in [0.2, 0.25) is 10.2 Å². The number of fused-ring (bicyclic) bond motifs is 1. The van der Waals surface area contributed by atoms with Crippen molar-refractivity contribution in [1.29, 1.82) is 0 Å². The van der Waals surface area contributed by atoms with Gasteiger partial charge in [-0.3, -0.25) is 0 Å². The summed E-state index contributed by atoms with van der Waals surface area (Å²) in [7, 11) is 0. The molecule has 2 amide bonds. The molecular formula is C20H18Cl2FN7O2. The lowest BCUT2D eigenvalue weighted by atomic mass is 10.1. The lowest BCUT2D eigenvalue weighted by Gasteiger charge is -2.30. The molecule has 12 heteroatoms. The van der Waals surface area contributed by atoms with Gasteiger partial charge in [0.2, 0.25) is 5.95 Å². The Hall–Kier alpha value is -3.08. The monoisotopic (exact) mass is 477 g/mol. The summed E-state index contributed by atoms with van der Waals surface area (Å²) in [6, 6.07) is 2.94. The molecule has 4 rings (SSSR count). The number of aromatic nitrogens is 4. The number of aliphatic hydroxyl groups excluding tert-OH is 1. The molecule has 2 aromatic heterocycles. The van der Waals surface area contributed by atoms with Gasteiger partial charge < -0.3 is 20.6 Å². The Morgan fingerprint density at radius 2 is 2.06 bits per heavy atom. The highest BCUT2D eigenvalue weighted by molar-refractivity contribution is 6.30. The van der Waals surface area contributed by atoms with Crippen LogP contribution in [0.5, 0.6) is 0 Å². The van der Waals surface area contributed by atoms with Crippen LogP contribution in [0.15, 0.2) is 36.8 Å². The van der Waals surface area contributed by atoms with Crippen LogP contribution in [0.25, 0.3) is 0 Å². The zero-order valence-corrected chi connectivity index (χ0v) is 18.1. The predicted molar refractivity (Wildman–Crippen MR) is 116 cm³/mol. The highest BCUT2D eigenvalue weighted by Crippen LogP contribution is 2.23. The van der Waals surface area contributed by atoms with E-state index in [0.717, 1.165) is 5.56 Å². The number of anilines is 2. The van der Waals surface area contributed by atoms with Crippen LogP contribution in [0, 0.1) is 5.82 Å². The fourth-order valence-corrected chi connectivity index (χ4v) is 3.52. The van der Waals surface area contributed by atoms with Crippen LogP contribution in [0.1, 0.15) is 22.9 Å². The van der Waals surface area contributed by atoms with Gasteiger partial charge in [0.1, 0.15) is 11.0 Å². The number of urea groups is 1. The van der Waals surface area contributed by atoms with Crippen LogP contribution in [-0.4, -0.2) is 49.1 Å². The third-order valence-electron chi connectivity index (χ3n) is 4.92. The molecule has 0 bridgehead atoms. The summed E-state index contributed by atoms with van der Waals surface area (Å²) in [5, 5.41) is 15.6. The first-order valence-electron chi connectivity index (χ1n) is 9.63. The number of aliphatic hydroxyl groups is 1. The average Bonchev–Trinajstić information content (AvgIpc) is 2.80. The highest BCUT2D eigenvalue weighted by atomic mass is 35.5. The van der Waals surface area contributed by atoms with Crippen molar-refractivity contribution < 1.29 is 14.3 Å². The zero-order valence-electron chi connectivity index (χ0n) is 16.6. The molecule has 0 fully saturated rings. The fourth-order valence-electron chi connectivity index (χ4n) is 3.23. The fraction of sp³-hybridized carbons (Fsp3) is 0.250. The molecule has 1 atom stereocenters. The molecule has 0 saturated heterocycles. The van der Waals surface area contributed by atoms with Gasteiger partial charge in [-0.05, 0) is 29.7 Å². The Bertz CT molecular complexity index is 1130. The van der Waals surface area contributed by atoms with E-state index >= 15 is 0 Å². The van der Waals surface area contributed by atoms with E-state index in [9.17, 15) is 14.3 Å². The van der Waals surface area contributed by atoms with Gasteiger partial charge in [-0.15, -0.1) is 0 Å². The molecule has 0 spiro atoms. The number of carbonyl (C=O) groups excluding carboxylic acids is 1. The maximum absolute atomic E-state index is 13.4. The van der Waals surface area contributed by atoms with Crippen LogP contribution < -0.4 is 10.6 Å². The molecule has 1 unspecified atom stereocenters. The number of halogens is 3. The average molecular weight is 478 g/mol. The largest absolute Gasteiger partial charge is 0.394 e. The normalized spacial score (nSPS) is 13.9. The lowest BCUT2D eigenvalue weighted by molar-refractivity contribution is 0.176. The number of nitrogens with one attached hydrogen (secondary N) is 2. The van der Waals surface area contributed by atoms with Crippen LogP contribution in [-0.2, 0) is 13.0 Å². The summed E-state index contributed by atoms with van der Waals surface area (Å²) in [4.78, 5) is 31.2. The number of amides is 2. The van der Waals surface area contributed by atoms with Gasteiger partial charge >= 0.3 is 6.03 Å². The zero-order chi connectivity index (χ0) is 22.7. The molecule has 0 saturated carbocycles. The van der Waals surface area contributed by atoms with Crippen LogP contribution in [0.3, 0.4) is 0 Å². The second-order valence-electron chi connectivity index (χ2n) is 7.04. The van der Waals surface area contributed by atoms with Crippen molar-refractivity contribution in [2.75, 3.05) is 18.5 Å². The first-order valence-corrected chi connectivity index (χ1v) is 10.4. The molecule has 3 N–H and O–H groups in total. The SMILES string of the molecule is O=C(NC(CO)c1ccc(F)c(Cl)c1)N1CCc2cnc(Nc3cnc(Cl)cn3)nc2C1. The third-order valence-corrected chi connectivity index (χ3v) is 5.40. The number of rotatable bonds is 5. The van der Waals surface area contributed by atoms with E-state index in [1.165, 1.54) is 30.6 Å². The molecule has 1 aromatic carbocycles. The van der Waals surface area contributed by atoms with E-state index in [1.807, 2.05) is 0 Å². The molecule has 3 heterocycles. The van der Waals surface area contributed by atoms with Gasteiger partial charge in [-0.1, -0.05) is 29.3 Å². The van der Waals surface area contributed by atoms with Gasteiger partial charge in [0.15, 0.2) is 5.82 Å². The molecule has 3 aromatic rings. The Morgan fingerprint density at radius 1 is 1.22 bits per heavy atom. The van der Waals surface area contributed by atoms with E-state index in [1.54, 1.807) is 11.1 Å². The third kappa shape index (κ3) is 5.04. The first-order chi connectivity index (χ1) is 15.4. The van der Waals surface area contributed by atoms with E-state index in [0.29, 0.717) is 36.0 Å². The van der Waals surface area contributed by atoms with E-state index in [2.05, 4.69) is 30.6 Å². The summed E-state index contributed by atoms with van der Waals surface area (Å²) in [5.41, 5.74) is 2.13. The molecule has 1 aliphatic rings. The summed E-state index contributed by atoms with van der Waals surface area (Å²) >= 11 is 11.6. The summed E-state index contributed by atoms with van der Waals surface area (Å²) in [6.45, 7) is 0.351. The molecule has 9 nitrogen and oxygen atoms in total. The maximum atomic E-state index is 13.4. The van der Waals surface area contributed by atoms with E-state index in [4.69, 9.17) is 23.2 Å². The van der Waals surface area contributed by atoms with Crippen molar-refractivity contribution in [2.45, 2.75) is 19.0 Å². The highest BCUT2D eigenvalue weighted by Gasteiger charge is 2.25. The molecule has 32 heavy (non-hydrogen) atoms. The Kier molecular flexibility index (Phi) is 6.63. The Balaban J connectivity index is 1.44. The van der Waals surface area contributed by atoms with Crippen molar-refractivity contribution in [2.24, 2.45) is 0 Å². The van der Waals surface area contributed by atoms with Gasteiger partial charge in [0.05, 0.1) is 42.3 Å². The van der Waals surface area contributed by atoms with Gasteiger partial charge in [0, 0.05) is 12.7 Å². The van der Waals surface area contributed by atoms with Gasteiger partial charge in [0.25, 0.3) is 0 Å². The van der Waals surface area contributed by atoms with Crippen molar-refractivity contribution in [1.82, 2.24) is 30.2 Å². The Morgan fingerprint density at radius 3 is 2.78 bits per heavy atom. The molecule has 166 valence electrons. The van der Waals surface area contributed by atoms with Gasteiger partial charge in [-0.25, -0.2) is 29.1 Å². The standard InChI is InChI=1S/C20H18Cl2FN7O2/c21-13-5-11(1-2-14(13)23)16(10-31)28-20(32)30-4-3-12-6-26-19(27-15(12)9-30)29-18-8-24-17(22)7-25-18/h1-2,5-8,16,31H,3-4,9-10H2,(H,28,32)(H,25,26,27,29). The van der Waals surface area contributed by atoms with Crippen molar-refractivity contribution in [3.05, 3.63) is 69.6 Å². The van der Waals surface area contributed by atoms with Crippen molar-refractivity contribution >= 4 is 41.0 Å². The minimum Gasteiger partial charge on any atom is -0.394 e. The minimum atomic E-state index is -0.729. The second kappa shape index (κ2) is 9.60. The number of nitrogens with zero attached hydrogens (tertiary/aromatic N) is 5. The van der Waals surface area contributed by atoms with E-state index < -0.39 is 11.9 Å². The second-order valence-corrected chi connectivity index (χ2v) is 7.84. The smallest absolute Gasteiger partial charge is 0.318 e. The number of hydrogen-bond donors (Lipinski definition) is 3. The molecule has 0 aliphatic carbocycles. The first kappa shape index (κ1) is 22.1. The van der Waals surface area contributed by atoms with E-state index in [-0.39, 0.29) is 29.4 Å². The number of benzene rings is 1. The molecule has 0 radical (unpaired) electrons. The lowest BCUT2D eigenvalue weighted by Crippen LogP contribution is -2.45. The topological polar surface area (TPSA) is 116 Å². The summed E-state index contributed by atoms with van der Waals surface area (Å²) < 4.78 is 13.4. The van der Waals surface area contributed by atoms with Crippen LogP contribution >= 0.6 is 23.2 Å². The van der Waals surface area contributed by atoms with Crippen molar-refractivity contribution in [3.63, 3.8) is 0 Å². The molecule has 1 aliphatic heterocycles.